The Morgan fingerprint density at radius 1 is 1.40 bits per heavy atom. The summed E-state index contributed by atoms with van der Waals surface area (Å²) in [5.74, 6) is -1.32. The van der Waals surface area contributed by atoms with E-state index in [1.165, 1.54) is 31.4 Å². The third-order valence-corrected chi connectivity index (χ3v) is 1.39. The first-order chi connectivity index (χ1) is 4.66. The van der Waals surface area contributed by atoms with Gasteiger partial charge in [0.25, 0.3) is 0 Å². The Labute approximate surface area is 59.2 Å². The first-order valence-corrected chi connectivity index (χ1v) is 3.00. The molecule has 0 bridgehead atoms. The number of aliphatic hydroxyl groups is 2. The van der Waals surface area contributed by atoms with Crippen molar-refractivity contribution in [2.45, 2.75) is 11.9 Å². The fourth-order valence-corrected chi connectivity index (χ4v) is 0.729. The highest BCUT2D eigenvalue weighted by Gasteiger charge is 2.21. The second-order valence-corrected chi connectivity index (χ2v) is 2.16. The van der Waals surface area contributed by atoms with Gasteiger partial charge in [-0.1, -0.05) is 12.2 Å². The van der Waals surface area contributed by atoms with E-state index in [0.29, 0.717) is 0 Å². The van der Waals surface area contributed by atoms with E-state index in [2.05, 4.69) is 0 Å². The second-order valence-electron chi connectivity index (χ2n) is 2.16. The van der Waals surface area contributed by atoms with Crippen LogP contribution in [0, 0.1) is 0 Å². The lowest BCUT2D eigenvalue weighted by molar-refractivity contribution is -0.108. The van der Waals surface area contributed by atoms with Crippen LogP contribution in [-0.2, 0) is 4.74 Å². The number of aliphatic hydroxyl groups excluding tert-OH is 1. The maximum absolute atomic E-state index is 9.29. The second kappa shape index (κ2) is 2.54. The highest BCUT2D eigenvalue weighted by Crippen LogP contribution is 2.14. The molecular weight excluding hydrogens is 132 g/mol. The normalized spacial score (nSPS) is 38.5. The summed E-state index contributed by atoms with van der Waals surface area (Å²) in [4.78, 5) is 0. The average Bonchev–Trinajstić information content (AvgIpc) is 1.96. The van der Waals surface area contributed by atoms with E-state index in [1.54, 1.807) is 0 Å². The molecule has 0 aliphatic heterocycles. The first-order valence-electron chi connectivity index (χ1n) is 3.00. The summed E-state index contributed by atoms with van der Waals surface area (Å²) in [6.07, 6.45) is 5.12. The molecule has 1 aliphatic carbocycles. The average molecular weight is 142 g/mol. The Morgan fingerprint density at radius 2 is 1.90 bits per heavy atom. The van der Waals surface area contributed by atoms with Gasteiger partial charge in [-0.25, -0.2) is 0 Å². The van der Waals surface area contributed by atoms with Gasteiger partial charge < -0.3 is 14.9 Å². The van der Waals surface area contributed by atoms with E-state index in [-0.39, 0.29) is 0 Å². The van der Waals surface area contributed by atoms with Crippen LogP contribution >= 0.6 is 0 Å². The fraction of sp³-hybridized carbons (Fsp3) is 0.429. The lowest BCUT2D eigenvalue weighted by Crippen LogP contribution is -2.28. The van der Waals surface area contributed by atoms with Gasteiger partial charge in [0.05, 0.1) is 6.10 Å². The van der Waals surface area contributed by atoms with Crippen LogP contribution in [0.4, 0.5) is 0 Å². The molecule has 3 heteroatoms. The minimum absolute atomic E-state index is 0.601. The summed E-state index contributed by atoms with van der Waals surface area (Å²) in [5, 5.41) is 18.2. The van der Waals surface area contributed by atoms with Crippen molar-refractivity contribution >= 4 is 0 Å². The summed E-state index contributed by atoms with van der Waals surface area (Å²) >= 11 is 0. The van der Waals surface area contributed by atoms with Gasteiger partial charge in [-0.05, 0) is 12.2 Å². The van der Waals surface area contributed by atoms with Gasteiger partial charge in [-0.3, -0.25) is 0 Å². The van der Waals surface area contributed by atoms with E-state index in [4.69, 9.17) is 9.84 Å². The van der Waals surface area contributed by atoms with Crippen molar-refractivity contribution in [2.75, 3.05) is 7.11 Å². The number of hydrogen-bond donors (Lipinski definition) is 2. The summed E-state index contributed by atoms with van der Waals surface area (Å²) < 4.78 is 4.70. The Hall–Kier alpha value is -0.640. The van der Waals surface area contributed by atoms with Gasteiger partial charge in [0.2, 0.25) is 5.79 Å². The zero-order valence-electron chi connectivity index (χ0n) is 5.69. The molecule has 0 aromatic heterocycles. The molecule has 0 spiro atoms. The molecule has 3 nitrogen and oxygen atoms in total. The van der Waals surface area contributed by atoms with Crippen molar-refractivity contribution in [3.05, 3.63) is 24.3 Å². The summed E-state index contributed by atoms with van der Waals surface area (Å²) in [6.45, 7) is 0. The summed E-state index contributed by atoms with van der Waals surface area (Å²) in [7, 11) is 1.40. The van der Waals surface area contributed by atoms with Crippen molar-refractivity contribution < 1.29 is 14.9 Å². The van der Waals surface area contributed by atoms with Gasteiger partial charge in [-0.2, -0.15) is 0 Å². The van der Waals surface area contributed by atoms with E-state index >= 15 is 0 Å². The first kappa shape index (κ1) is 7.47. The van der Waals surface area contributed by atoms with Gasteiger partial charge in [-0.15, -0.1) is 0 Å². The fourth-order valence-electron chi connectivity index (χ4n) is 0.729. The van der Waals surface area contributed by atoms with Gasteiger partial charge in [0.1, 0.15) is 0 Å². The Balaban J connectivity index is 2.69. The molecule has 1 aliphatic rings. The Kier molecular flexibility index (Phi) is 1.89. The maximum Gasteiger partial charge on any atom is 0.205 e. The molecule has 0 saturated heterocycles. The molecular formula is C7H10O3. The molecule has 0 unspecified atom stereocenters. The van der Waals surface area contributed by atoms with Crippen LogP contribution in [0.2, 0.25) is 0 Å². The van der Waals surface area contributed by atoms with Crippen LogP contribution in [0.5, 0.6) is 0 Å². The topological polar surface area (TPSA) is 49.7 Å². The van der Waals surface area contributed by atoms with E-state index in [9.17, 15) is 5.11 Å². The maximum atomic E-state index is 9.29. The molecule has 0 radical (unpaired) electrons. The number of rotatable bonds is 1. The molecule has 0 amide bonds. The monoisotopic (exact) mass is 142 g/mol. The zero-order valence-corrected chi connectivity index (χ0v) is 5.69. The lowest BCUT2D eigenvalue weighted by atomic mass is 10.1. The molecule has 0 atom stereocenters. The van der Waals surface area contributed by atoms with Crippen LogP contribution in [0.25, 0.3) is 0 Å². The van der Waals surface area contributed by atoms with Crippen molar-refractivity contribution in [3.63, 3.8) is 0 Å². The third kappa shape index (κ3) is 1.44. The molecule has 10 heavy (non-hydrogen) atoms. The minimum Gasteiger partial charge on any atom is -0.385 e. The molecule has 2 N–H and O–H groups in total. The number of hydrogen-bond acceptors (Lipinski definition) is 3. The van der Waals surface area contributed by atoms with Gasteiger partial charge in [0, 0.05) is 7.11 Å². The van der Waals surface area contributed by atoms with E-state index in [1.807, 2.05) is 0 Å². The number of methoxy groups -OCH3 is 1. The predicted octanol–water partition coefficient (Wildman–Crippen LogP) is -0.192. The molecule has 0 aromatic rings. The van der Waals surface area contributed by atoms with E-state index < -0.39 is 11.9 Å². The molecule has 0 saturated carbocycles. The lowest BCUT2D eigenvalue weighted by Gasteiger charge is -2.21. The van der Waals surface area contributed by atoms with Crippen LogP contribution in [0.15, 0.2) is 24.3 Å². The quantitative estimate of drug-likeness (QED) is 0.394. The smallest absolute Gasteiger partial charge is 0.205 e. The van der Waals surface area contributed by atoms with Crippen LogP contribution < -0.4 is 0 Å². The zero-order chi connectivity index (χ0) is 7.61. The highest BCUT2D eigenvalue weighted by atomic mass is 16.6. The molecule has 0 aromatic carbocycles. The SMILES string of the molecule is COC1(O)C=CC(O)C=C1. The Bertz CT molecular complexity index is 158. The highest BCUT2D eigenvalue weighted by molar-refractivity contribution is 5.19. The molecule has 0 heterocycles. The predicted molar refractivity (Wildman–Crippen MR) is 36.2 cm³/mol. The van der Waals surface area contributed by atoms with E-state index in [0.717, 1.165) is 0 Å². The van der Waals surface area contributed by atoms with Crippen molar-refractivity contribution in [3.8, 4) is 0 Å². The number of ether oxygens (including phenoxy) is 1. The minimum atomic E-state index is -1.32. The van der Waals surface area contributed by atoms with Crippen molar-refractivity contribution in [1.82, 2.24) is 0 Å². The van der Waals surface area contributed by atoms with Gasteiger partial charge in [0.15, 0.2) is 0 Å². The summed E-state index contributed by atoms with van der Waals surface area (Å²) in [5.41, 5.74) is 0. The standard InChI is InChI=1S/C7H10O3/c1-10-7(9)4-2-6(8)3-5-7/h2-6,8-9H,1H3. The summed E-state index contributed by atoms with van der Waals surface area (Å²) in [6, 6.07) is 0. The van der Waals surface area contributed by atoms with Crippen LogP contribution in [0.1, 0.15) is 0 Å². The van der Waals surface area contributed by atoms with Crippen molar-refractivity contribution in [1.29, 1.82) is 0 Å². The molecule has 56 valence electrons. The van der Waals surface area contributed by atoms with Gasteiger partial charge >= 0.3 is 0 Å². The van der Waals surface area contributed by atoms with Crippen LogP contribution in [-0.4, -0.2) is 29.2 Å². The largest absolute Gasteiger partial charge is 0.385 e. The molecule has 0 fully saturated rings. The Morgan fingerprint density at radius 3 is 2.30 bits per heavy atom. The van der Waals surface area contributed by atoms with Crippen molar-refractivity contribution in [2.24, 2.45) is 0 Å². The van der Waals surface area contributed by atoms with Crippen LogP contribution in [0.3, 0.4) is 0 Å². The molecule has 1 rings (SSSR count). The third-order valence-electron chi connectivity index (χ3n) is 1.39.